The van der Waals surface area contributed by atoms with Crippen molar-refractivity contribution in [2.45, 2.75) is 13.5 Å². The predicted molar refractivity (Wildman–Crippen MR) is 68.4 cm³/mol. The minimum absolute atomic E-state index is 0.911. The summed E-state index contributed by atoms with van der Waals surface area (Å²) in [6, 6.07) is 4.28. The van der Waals surface area contributed by atoms with Crippen LogP contribution in [0, 0.1) is 6.92 Å². The number of anilines is 1. The van der Waals surface area contributed by atoms with Gasteiger partial charge < -0.3 is 5.32 Å². The van der Waals surface area contributed by atoms with Crippen molar-refractivity contribution in [1.82, 2.24) is 0 Å². The molecule has 0 aromatic carbocycles. The van der Waals surface area contributed by atoms with Crippen LogP contribution >= 0.6 is 38.6 Å². The Bertz CT molecular complexity index is 386. The lowest BCUT2D eigenvalue weighted by atomic mass is 10.4. The molecule has 1 nitrogen and oxygen atoms in total. The van der Waals surface area contributed by atoms with Gasteiger partial charge in [0.05, 0.1) is 0 Å². The SMILES string of the molecule is Cc1sc(CNc2ccsc2)cc1Br. The summed E-state index contributed by atoms with van der Waals surface area (Å²) in [5.41, 5.74) is 1.21. The summed E-state index contributed by atoms with van der Waals surface area (Å²) in [6.45, 7) is 3.04. The lowest BCUT2D eigenvalue weighted by molar-refractivity contribution is 1.20. The second kappa shape index (κ2) is 4.47. The number of nitrogens with one attached hydrogen (secondary N) is 1. The van der Waals surface area contributed by atoms with E-state index >= 15 is 0 Å². The maximum Gasteiger partial charge on any atom is 0.0494 e. The van der Waals surface area contributed by atoms with Gasteiger partial charge in [0.2, 0.25) is 0 Å². The monoisotopic (exact) mass is 287 g/mol. The van der Waals surface area contributed by atoms with E-state index in [-0.39, 0.29) is 0 Å². The van der Waals surface area contributed by atoms with Gasteiger partial charge >= 0.3 is 0 Å². The zero-order valence-corrected chi connectivity index (χ0v) is 10.9. The molecule has 2 aromatic rings. The molecule has 0 aliphatic heterocycles. The lowest BCUT2D eigenvalue weighted by Crippen LogP contribution is -1.94. The molecule has 0 atom stereocenters. The van der Waals surface area contributed by atoms with Crippen molar-refractivity contribution in [1.29, 1.82) is 0 Å². The summed E-state index contributed by atoms with van der Waals surface area (Å²) >= 11 is 7.06. The van der Waals surface area contributed by atoms with Gasteiger partial charge in [0.1, 0.15) is 0 Å². The fourth-order valence-corrected chi connectivity index (χ4v) is 3.31. The van der Waals surface area contributed by atoms with Crippen LogP contribution in [-0.4, -0.2) is 0 Å². The highest BCUT2D eigenvalue weighted by Crippen LogP contribution is 2.27. The van der Waals surface area contributed by atoms with Crippen LogP contribution in [0.1, 0.15) is 9.75 Å². The number of rotatable bonds is 3. The highest BCUT2D eigenvalue weighted by molar-refractivity contribution is 9.10. The Morgan fingerprint density at radius 2 is 2.36 bits per heavy atom. The van der Waals surface area contributed by atoms with Gasteiger partial charge in [-0.3, -0.25) is 0 Å². The lowest BCUT2D eigenvalue weighted by Gasteiger charge is -1.99. The average Bonchev–Trinajstić information content (AvgIpc) is 2.74. The molecule has 0 unspecified atom stereocenters. The molecule has 0 amide bonds. The van der Waals surface area contributed by atoms with Crippen LogP contribution in [0.5, 0.6) is 0 Å². The summed E-state index contributed by atoms with van der Waals surface area (Å²) < 4.78 is 1.21. The third-order valence-electron chi connectivity index (χ3n) is 1.90. The molecule has 2 rings (SSSR count). The molecule has 14 heavy (non-hydrogen) atoms. The summed E-state index contributed by atoms with van der Waals surface area (Å²) in [6.07, 6.45) is 0. The Kier molecular flexibility index (Phi) is 3.26. The zero-order valence-electron chi connectivity index (χ0n) is 7.71. The number of thiophene rings is 2. The maximum atomic E-state index is 3.52. The highest BCUT2D eigenvalue weighted by Gasteiger charge is 2.02. The average molecular weight is 288 g/mol. The fraction of sp³-hybridized carbons (Fsp3) is 0.200. The van der Waals surface area contributed by atoms with Crippen LogP contribution < -0.4 is 5.32 Å². The molecule has 0 radical (unpaired) electrons. The van der Waals surface area contributed by atoms with Crippen molar-refractivity contribution in [2.75, 3.05) is 5.32 Å². The second-order valence-corrected chi connectivity index (χ2v) is 5.96. The molecule has 2 aromatic heterocycles. The standard InChI is InChI=1S/C10H10BrNS2/c1-7-10(11)4-9(14-7)5-12-8-2-3-13-6-8/h2-4,6,12H,5H2,1H3. The first kappa shape index (κ1) is 10.2. The van der Waals surface area contributed by atoms with Crippen molar-refractivity contribution in [2.24, 2.45) is 0 Å². The van der Waals surface area contributed by atoms with Crippen molar-refractivity contribution in [3.63, 3.8) is 0 Å². The Balaban J connectivity index is 1.98. The Morgan fingerprint density at radius 3 is 2.93 bits per heavy atom. The van der Waals surface area contributed by atoms with Crippen LogP contribution in [0.3, 0.4) is 0 Å². The Hall–Kier alpha value is -0.320. The highest BCUT2D eigenvalue weighted by atomic mass is 79.9. The topological polar surface area (TPSA) is 12.0 Å². The van der Waals surface area contributed by atoms with Crippen molar-refractivity contribution < 1.29 is 0 Å². The molecule has 0 saturated heterocycles. The predicted octanol–water partition coefficient (Wildman–Crippen LogP) is 4.49. The van der Waals surface area contributed by atoms with Gasteiger partial charge in [-0.05, 0) is 40.4 Å². The molecule has 0 aliphatic rings. The second-order valence-electron chi connectivity index (χ2n) is 2.98. The van der Waals surface area contributed by atoms with Gasteiger partial charge in [-0.15, -0.1) is 11.3 Å². The van der Waals surface area contributed by atoms with Gasteiger partial charge in [0.25, 0.3) is 0 Å². The maximum absolute atomic E-state index is 3.52. The first-order chi connectivity index (χ1) is 6.75. The largest absolute Gasteiger partial charge is 0.379 e. The van der Waals surface area contributed by atoms with Gasteiger partial charge in [0, 0.05) is 31.8 Å². The van der Waals surface area contributed by atoms with E-state index in [1.54, 1.807) is 11.3 Å². The Morgan fingerprint density at radius 1 is 1.50 bits per heavy atom. The molecular weight excluding hydrogens is 278 g/mol. The summed E-state index contributed by atoms with van der Waals surface area (Å²) in [4.78, 5) is 2.70. The number of hydrogen-bond acceptors (Lipinski definition) is 3. The van der Waals surface area contributed by atoms with Crippen molar-refractivity contribution >= 4 is 44.3 Å². The minimum atomic E-state index is 0.911. The third-order valence-corrected chi connectivity index (χ3v) is 4.72. The third kappa shape index (κ3) is 2.38. The van der Waals surface area contributed by atoms with Gasteiger partial charge in [-0.25, -0.2) is 0 Å². The van der Waals surface area contributed by atoms with E-state index in [9.17, 15) is 0 Å². The van der Waals surface area contributed by atoms with Crippen LogP contribution in [0.2, 0.25) is 0 Å². The summed E-state index contributed by atoms with van der Waals surface area (Å²) in [5, 5.41) is 7.58. The van der Waals surface area contributed by atoms with Crippen LogP contribution in [0.15, 0.2) is 27.4 Å². The van der Waals surface area contributed by atoms with Crippen LogP contribution in [0.25, 0.3) is 0 Å². The number of halogens is 1. The zero-order chi connectivity index (χ0) is 9.97. The van der Waals surface area contributed by atoms with Crippen LogP contribution in [0.4, 0.5) is 5.69 Å². The van der Waals surface area contributed by atoms with Gasteiger partial charge in [-0.1, -0.05) is 0 Å². The molecule has 2 heterocycles. The molecule has 74 valence electrons. The summed E-state index contributed by atoms with van der Waals surface area (Å²) in [7, 11) is 0. The molecule has 0 aliphatic carbocycles. The molecule has 0 bridgehead atoms. The van der Waals surface area contributed by atoms with E-state index in [1.807, 2.05) is 11.3 Å². The molecule has 4 heteroatoms. The molecule has 0 saturated carbocycles. The normalized spacial score (nSPS) is 10.4. The minimum Gasteiger partial charge on any atom is -0.379 e. The van der Waals surface area contributed by atoms with E-state index in [1.165, 1.54) is 19.9 Å². The number of hydrogen-bond donors (Lipinski definition) is 1. The van der Waals surface area contributed by atoms with Crippen molar-refractivity contribution in [3.8, 4) is 0 Å². The van der Waals surface area contributed by atoms with Gasteiger partial charge in [0.15, 0.2) is 0 Å². The fourth-order valence-electron chi connectivity index (χ4n) is 1.16. The van der Waals surface area contributed by atoms with Gasteiger partial charge in [-0.2, -0.15) is 11.3 Å². The number of aryl methyl sites for hydroxylation is 1. The Labute approximate surface area is 99.9 Å². The van der Waals surface area contributed by atoms with Crippen LogP contribution in [-0.2, 0) is 6.54 Å². The van der Waals surface area contributed by atoms with E-state index in [2.05, 4.69) is 51.1 Å². The first-order valence-electron chi connectivity index (χ1n) is 4.26. The molecular formula is C10H10BrNS2. The van der Waals surface area contributed by atoms with Crippen molar-refractivity contribution in [3.05, 3.63) is 37.1 Å². The smallest absolute Gasteiger partial charge is 0.0494 e. The first-order valence-corrected chi connectivity index (χ1v) is 6.82. The molecule has 0 spiro atoms. The molecule has 1 N–H and O–H groups in total. The summed E-state index contributed by atoms with van der Waals surface area (Å²) in [5.74, 6) is 0. The van der Waals surface area contributed by atoms with E-state index < -0.39 is 0 Å². The molecule has 0 fully saturated rings. The van der Waals surface area contributed by atoms with E-state index in [4.69, 9.17) is 0 Å². The van der Waals surface area contributed by atoms with E-state index in [0.29, 0.717) is 0 Å². The van der Waals surface area contributed by atoms with E-state index in [0.717, 1.165) is 6.54 Å². The quantitative estimate of drug-likeness (QED) is 0.877.